The molecule has 0 radical (unpaired) electrons. The van der Waals surface area contributed by atoms with Crippen molar-refractivity contribution in [3.8, 4) is 0 Å². The van der Waals surface area contributed by atoms with E-state index in [0.717, 1.165) is 24.6 Å². The fourth-order valence-electron chi connectivity index (χ4n) is 2.19. The van der Waals surface area contributed by atoms with E-state index in [-0.39, 0.29) is 0 Å². The normalized spacial score (nSPS) is 26.2. The van der Waals surface area contributed by atoms with Crippen LogP contribution in [0, 0.1) is 6.92 Å². The van der Waals surface area contributed by atoms with E-state index in [9.17, 15) is 0 Å². The maximum atomic E-state index is 4.38. The van der Waals surface area contributed by atoms with E-state index in [1.54, 1.807) is 0 Å². The molecule has 1 saturated heterocycles. The molecule has 1 aromatic rings. The van der Waals surface area contributed by atoms with Crippen LogP contribution in [0.4, 0.5) is 0 Å². The molecular formula is C12H20N4. The van der Waals surface area contributed by atoms with E-state index in [4.69, 9.17) is 0 Å². The number of rotatable bonds is 3. The van der Waals surface area contributed by atoms with Crippen molar-refractivity contribution in [3.05, 3.63) is 23.8 Å². The van der Waals surface area contributed by atoms with Gasteiger partial charge in [0.25, 0.3) is 0 Å². The Morgan fingerprint density at radius 3 is 3.00 bits per heavy atom. The highest BCUT2D eigenvalue weighted by atomic mass is 15.2. The first-order valence-electron chi connectivity index (χ1n) is 5.87. The molecule has 1 N–H and O–H groups in total. The Morgan fingerprint density at radius 2 is 2.38 bits per heavy atom. The van der Waals surface area contributed by atoms with Crippen molar-refractivity contribution in [2.45, 2.75) is 38.9 Å². The summed E-state index contributed by atoms with van der Waals surface area (Å²) in [6.07, 6.45) is 3.04. The highest BCUT2D eigenvalue weighted by Gasteiger charge is 2.25. The molecule has 1 fully saturated rings. The molecule has 0 amide bonds. The summed E-state index contributed by atoms with van der Waals surface area (Å²) in [5, 5.41) is 3.55. The molecule has 16 heavy (non-hydrogen) atoms. The molecule has 1 aliphatic rings. The van der Waals surface area contributed by atoms with Crippen molar-refractivity contribution >= 4 is 0 Å². The molecule has 4 heteroatoms. The molecule has 2 atom stereocenters. The van der Waals surface area contributed by atoms with Crippen LogP contribution in [0.5, 0.6) is 0 Å². The van der Waals surface area contributed by atoms with Gasteiger partial charge in [0, 0.05) is 31.4 Å². The maximum Gasteiger partial charge on any atom is 0.125 e. The quantitative estimate of drug-likeness (QED) is 0.824. The van der Waals surface area contributed by atoms with Gasteiger partial charge in [-0.25, -0.2) is 9.97 Å². The van der Waals surface area contributed by atoms with Crippen molar-refractivity contribution in [3.63, 3.8) is 0 Å². The second-order valence-corrected chi connectivity index (χ2v) is 4.70. The molecule has 0 spiro atoms. The summed E-state index contributed by atoms with van der Waals surface area (Å²) in [6.45, 7) is 6.17. The van der Waals surface area contributed by atoms with Crippen LogP contribution in [-0.4, -0.2) is 40.5 Å². The van der Waals surface area contributed by atoms with Crippen LogP contribution in [0.15, 0.2) is 12.3 Å². The number of aromatic nitrogens is 2. The van der Waals surface area contributed by atoms with Crippen LogP contribution in [0.2, 0.25) is 0 Å². The highest BCUT2D eigenvalue weighted by Crippen LogP contribution is 2.14. The lowest BCUT2D eigenvalue weighted by Crippen LogP contribution is -2.31. The van der Waals surface area contributed by atoms with Crippen molar-refractivity contribution in [1.29, 1.82) is 0 Å². The average Bonchev–Trinajstić information content (AvgIpc) is 2.56. The molecule has 1 aromatic heterocycles. The van der Waals surface area contributed by atoms with E-state index in [1.165, 1.54) is 6.42 Å². The largest absolute Gasteiger partial charge is 0.307 e. The van der Waals surface area contributed by atoms with Gasteiger partial charge in [0.1, 0.15) is 5.82 Å². The third-order valence-corrected chi connectivity index (χ3v) is 3.29. The lowest BCUT2D eigenvalue weighted by atomic mass is 10.2. The molecule has 0 bridgehead atoms. The van der Waals surface area contributed by atoms with Gasteiger partial charge in [0.2, 0.25) is 0 Å². The van der Waals surface area contributed by atoms with E-state index >= 15 is 0 Å². The number of hydrogen-bond acceptors (Lipinski definition) is 4. The van der Waals surface area contributed by atoms with Gasteiger partial charge in [-0.05, 0) is 33.4 Å². The summed E-state index contributed by atoms with van der Waals surface area (Å²) in [5.41, 5.74) is 1.08. The molecule has 2 heterocycles. The number of aryl methyl sites for hydroxylation is 1. The van der Waals surface area contributed by atoms with Gasteiger partial charge >= 0.3 is 0 Å². The number of likely N-dealkylation sites (tertiary alicyclic amines) is 1. The maximum absolute atomic E-state index is 4.38. The Morgan fingerprint density at radius 1 is 1.56 bits per heavy atom. The Bertz CT molecular complexity index is 343. The van der Waals surface area contributed by atoms with Gasteiger partial charge < -0.3 is 10.2 Å². The third kappa shape index (κ3) is 2.77. The van der Waals surface area contributed by atoms with Gasteiger partial charge in [-0.3, -0.25) is 0 Å². The zero-order valence-electron chi connectivity index (χ0n) is 10.3. The number of nitrogens with one attached hydrogen (secondary N) is 1. The fourth-order valence-corrected chi connectivity index (χ4v) is 2.19. The monoisotopic (exact) mass is 220 g/mol. The third-order valence-electron chi connectivity index (χ3n) is 3.29. The predicted molar refractivity (Wildman–Crippen MR) is 64.1 cm³/mol. The van der Waals surface area contributed by atoms with E-state index < -0.39 is 0 Å². The number of nitrogens with zero attached hydrogens (tertiary/aromatic N) is 3. The minimum absolute atomic E-state index is 0.593. The first-order valence-corrected chi connectivity index (χ1v) is 5.87. The Kier molecular flexibility index (Phi) is 3.51. The zero-order chi connectivity index (χ0) is 11.5. The molecular weight excluding hydrogens is 200 g/mol. The Balaban J connectivity index is 1.84. The summed E-state index contributed by atoms with van der Waals surface area (Å²) in [7, 11) is 2.18. The minimum Gasteiger partial charge on any atom is -0.307 e. The first kappa shape index (κ1) is 11.5. The standard InChI is InChI=1S/C12H20N4/c1-9-6-12(8-16(9)3)14-7-11-4-5-13-10(2)15-11/h4-5,9,12,14H,6-8H2,1-3H3. The molecule has 88 valence electrons. The summed E-state index contributed by atoms with van der Waals surface area (Å²) in [5.74, 6) is 0.844. The van der Waals surface area contributed by atoms with Gasteiger partial charge in [0.05, 0.1) is 5.69 Å². The van der Waals surface area contributed by atoms with Crippen molar-refractivity contribution in [2.24, 2.45) is 0 Å². The van der Waals surface area contributed by atoms with Crippen LogP contribution in [0.1, 0.15) is 24.9 Å². The van der Waals surface area contributed by atoms with Gasteiger partial charge in [0.15, 0.2) is 0 Å². The van der Waals surface area contributed by atoms with Crippen LogP contribution in [0.25, 0.3) is 0 Å². The van der Waals surface area contributed by atoms with Crippen LogP contribution < -0.4 is 5.32 Å². The van der Waals surface area contributed by atoms with Crippen LogP contribution in [-0.2, 0) is 6.54 Å². The zero-order valence-corrected chi connectivity index (χ0v) is 10.3. The average molecular weight is 220 g/mol. The summed E-state index contributed by atoms with van der Waals surface area (Å²) < 4.78 is 0. The van der Waals surface area contributed by atoms with E-state index in [1.807, 2.05) is 19.2 Å². The molecule has 4 nitrogen and oxygen atoms in total. The summed E-state index contributed by atoms with van der Waals surface area (Å²) in [4.78, 5) is 10.9. The van der Waals surface area contributed by atoms with E-state index in [0.29, 0.717) is 12.1 Å². The van der Waals surface area contributed by atoms with Crippen LogP contribution in [0.3, 0.4) is 0 Å². The minimum atomic E-state index is 0.593. The smallest absolute Gasteiger partial charge is 0.125 e. The topological polar surface area (TPSA) is 41.1 Å². The van der Waals surface area contributed by atoms with Crippen molar-refractivity contribution in [1.82, 2.24) is 20.2 Å². The molecule has 0 aliphatic carbocycles. The van der Waals surface area contributed by atoms with Crippen LogP contribution >= 0.6 is 0 Å². The van der Waals surface area contributed by atoms with Crippen molar-refractivity contribution < 1.29 is 0 Å². The fraction of sp³-hybridized carbons (Fsp3) is 0.667. The second-order valence-electron chi connectivity index (χ2n) is 4.70. The Labute approximate surface area is 97.1 Å². The molecule has 2 rings (SSSR count). The van der Waals surface area contributed by atoms with Gasteiger partial charge in [-0.15, -0.1) is 0 Å². The SMILES string of the molecule is Cc1nccc(CNC2CC(C)N(C)C2)n1. The van der Waals surface area contributed by atoms with Gasteiger partial charge in [-0.1, -0.05) is 0 Å². The highest BCUT2D eigenvalue weighted by molar-refractivity contribution is 5.01. The second kappa shape index (κ2) is 4.89. The Hall–Kier alpha value is -1.00. The van der Waals surface area contributed by atoms with E-state index in [2.05, 4.69) is 34.2 Å². The summed E-state index contributed by atoms with van der Waals surface area (Å²) in [6, 6.07) is 3.25. The predicted octanol–water partition coefficient (Wildman–Crippen LogP) is 0.967. The molecule has 0 aromatic carbocycles. The van der Waals surface area contributed by atoms with Crippen molar-refractivity contribution in [2.75, 3.05) is 13.6 Å². The molecule has 0 saturated carbocycles. The lowest BCUT2D eigenvalue weighted by molar-refractivity contribution is 0.326. The molecule has 2 unspecified atom stereocenters. The molecule has 1 aliphatic heterocycles. The lowest BCUT2D eigenvalue weighted by Gasteiger charge is -2.13. The summed E-state index contributed by atoms with van der Waals surface area (Å²) >= 11 is 0. The number of hydrogen-bond donors (Lipinski definition) is 1. The first-order chi connectivity index (χ1) is 7.65. The van der Waals surface area contributed by atoms with Gasteiger partial charge in [-0.2, -0.15) is 0 Å². The number of likely N-dealkylation sites (N-methyl/N-ethyl adjacent to an activating group) is 1.